The molecule has 7 nitrogen and oxygen atoms in total. The maximum atomic E-state index is 13.1. The molecule has 160 valence electrons. The van der Waals surface area contributed by atoms with E-state index in [1.54, 1.807) is 26.2 Å². The summed E-state index contributed by atoms with van der Waals surface area (Å²) in [5.41, 5.74) is 0.308. The van der Waals surface area contributed by atoms with Gasteiger partial charge in [-0.1, -0.05) is 6.92 Å². The quantitative estimate of drug-likeness (QED) is 0.469. The lowest BCUT2D eigenvalue weighted by atomic mass is 10.0. The summed E-state index contributed by atoms with van der Waals surface area (Å²) < 4.78 is 42.0. The molecule has 0 spiro atoms. The van der Waals surface area contributed by atoms with Crippen molar-refractivity contribution < 1.29 is 18.0 Å². The number of aryl methyl sites for hydroxylation is 2. The standard InChI is InChI=1S/C19H20F3N5O2S/c1-5-30-15-9-13-12(26(3)18(29)27(13)4)8-11(15)14(28)6-10-7-16(19(20,21)22)24-25-17(10)23-2/h7-9H,5-6H2,1-4H3,(H,23,25). The molecular formula is C19H20F3N5O2S. The van der Waals surface area contributed by atoms with E-state index < -0.39 is 11.9 Å². The summed E-state index contributed by atoms with van der Waals surface area (Å²) in [7, 11) is 4.75. The van der Waals surface area contributed by atoms with E-state index in [4.69, 9.17) is 0 Å². The van der Waals surface area contributed by atoms with Gasteiger partial charge in [0.25, 0.3) is 0 Å². The number of anilines is 1. The summed E-state index contributed by atoms with van der Waals surface area (Å²) in [6.45, 7) is 1.93. The number of Topliss-reactive ketones (excluding diaryl/α,β-unsaturated/α-hetero) is 1. The molecule has 11 heteroatoms. The van der Waals surface area contributed by atoms with Gasteiger partial charge in [-0.05, 0) is 24.0 Å². The van der Waals surface area contributed by atoms with Gasteiger partial charge in [0.05, 0.1) is 11.0 Å². The van der Waals surface area contributed by atoms with Crippen molar-refractivity contribution >= 4 is 34.4 Å². The summed E-state index contributed by atoms with van der Waals surface area (Å²) in [5, 5.41) is 9.41. The number of aromatic nitrogens is 4. The van der Waals surface area contributed by atoms with Crippen LogP contribution in [0.3, 0.4) is 0 Å². The molecule has 30 heavy (non-hydrogen) atoms. The Balaban J connectivity index is 2.10. The predicted molar refractivity (Wildman–Crippen MR) is 109 cm³/mol. The van der Waals surface area contributed by atoms with Crippen LogP contribution in [0.4, 0.5) is 19.0 Å². The highest BCUT2D eigenvalue weighted by Gasteiger charge is 2.34. The van der Waals surface area contributed by atoms with Crippen molar-refractivity contribution in [1.82, 2.24) is 19.3 Å². The number of nitrogens with zero attached hydrogens (tertiary/aromatic N) is 4. The van der Waals surface area contributed by atoms with Crippen molar-refractivity contribution in [1.29, 1.82) is 0 Å². The van der Waals surface area contributed by atoms with Gasteiger partial charge in [0.2, 0.25) is 0 Å². The number of nitrogens with one attached hydrogen (secondary N) is 1. The lowest BCUT2D eigenvalue weighted by Crippen LogP contribution is -2.19. The molecule has 0 aliphatic carbocycles. The van der Waals surface area contributed by atoms with Gasteiger partial charge in [-0.3, -0.25) is 13.9 Å². The lowest BCUT2D eigenvalue weighted by molar-refractivity contribution is -0.141. The SMILES string of the molecule is CCSc1cc2c(cc1C(=O)Cc1cc(C(F)(F)F)nnc1NC)n(C)c(=O)n2C. The number of hydrogen-bond donors (Lipinski definition) is 1. The molecule has 0 atom stereocenters. The third kappa shape index (κ3) is 3.93. The van der Waals surface area contributed by atoms with Crippen molar-refractivity contribution in [2.24, 2.45) is 14.1 Å². The van der Waals surface area contributed by atoms with E-state index in [1.807, 2.05) is 6.92 Å². The molecule has 0 bridgehead atoms. The normalized spacial score (nSPS) is 11.8. The molecule has 0 fully saturated rings. The highest BCUT2D eigenvalue weighted by atomic mass is 32.2. The molecule has 1 N–H and O–H groups in total. The first kappa shape index (κ1) is 21.9. The first-order chi connectivity index (χ1) is 14.1. The summed E-state index contributed by atoms with van der Waals surface area (Å²) in [6.07, 6.45) is -4.96. The van der Waals surface area contributed by atoms with E-state index in [0.29, 0.717) is 27.2 Å². The van der Waals surface area contributed by atoms with E-state index in [2.05, 4.69) is 15.5 Å². The van der Waals surface area contributed by atoms with Crippen molar-refractivity contribution in [3.63, 3.8) is 0 Å². The van der Waals surface area contributed by atoms with E-state index in [0.717, 1.165) is 6.07 Å². The van der Waals surface area contributed by atoms with Crippen LogP contribution in [0.25, 0.3) is 11.0 Å². The number of carbonyl (C=O) groups is 1. The molecular weight excluding hydrogens is 419 g/mol. The Labute approximate surface area is 174 Å². The smallest absolute Gasteiger partial charge is 0.371 e. The zero-order valence-corrected chi connectivity index (χ0v) is 17.6. The fraction of sp³-hybridized carbons (Fsp3) is 0.368. The van der Waals surface area contributed by atoms with Crippen LogP contribution in [0, 0.1) is 0 Å². The fourth-order valence-electron chi connectivity index (χ4n) is 3.20. The van der Waals surface area contributed by atoms with Crippen molar-refractivity contribution in [2.75, 3.05) is 18.1 Å². The zero-order chi connectivity index (χ0) is 22.2. The minimum atomic E-state index is -4.67. The molecule has 0 saturated carbocycles. The van der Waals surface area contributed by atoms with E-state index in [1.165, 1.54) is 27.9 Å². The number of hydrogen-bond acceptors (Lipinski definition) is 6. The predicted octanol–water partition coefficient (Wildman–Crippen LogP) is 3.26. The van der Waals surface area contributed by atoms with Gasteiger partial charge in [0.15, 0.2) is 17.3 Å². The summed E-state index contributed by atoms with van der Waals surface area (Å²) in [6, 6.07) is 4.22. The first-order valence-electron chi connectivity index (χ1n) is 9.05. The maximum Gasteiger partial charge on any atom is 0.435 e. The van der Waals surface area contributed by atoms with Gasteiger partial charge in [-0.15, -0.1) is 22.0 Å². The minimum absolute atomic E-state index is 0.0966. The number of imidazole rings is 1. The molecule has 3 aromatic rings. The highest BCUT2D eigenvalue weighted by molar-refractivity contribution is 7.99. The highest BCUT2D eigenvalue weighted by Crippen LogP contribution is 2.31. The largest absolute Gasteiger partial charge is 0.435 e. The second kappa shape index (κ2) is 8.13. The summed E-state index contributed by atoms with van der Waals surface area (Å²) in [4.78, 5) is 26.0. The van der Waals surface area contributed by atoms with Crippen LogP contribution >= 0.6 is 11.8 Å². The van der Waals surface area contributed by atoms with Crippen LogP contribution in [-0.4, -0.2) is 37.9 Å². The Hall–Kier alpha value is -2.82. The minimum Gasteiger partial charge on any atom is -0.371 e. The van der Waals surface area contributed by atoms with Crippen LogP contribution in [-0.2, 0) is 26.7 Å². The molecule has 1 aromatic carbocycles. The lowest BCUT2D eigenvalue weighted by Gasteiger charge is -2.13. The van der Waals surface area contributed by atoms with Gasteiger partial charge in [0.1, 0.15) is 0 Å². The number of thioether (sulfide) groups is 1. The van der Waals surface area contributed by atoms with Crippen LogP contribution in [0.15, 0.2) is 27.9 Å². The zero-order valence-electron chi connectivity index (χ0n) is 16.8. The first-order valence-corrected chi connectivity index (χ1v) is 10.0. The maximum absolute atomic E-state index is 13.1. The van der Waals surface area contributed by atoms with E-state index in [-0.39, 0.29) is 29.3 Å². The number of ketones is 1. The molecule has 0 unspecified atom stereocenters. The Morgan fingerprint density at radius 3 is 2.33 bits per heavy atom. The molecule has 3 rings (SSSR count). The molecule has 2 aromatic heterocycles. The average Bonchev–Trinajstić information content (AvgIpc) is 2.90. The molecule has 2 heterocycles. The average molecular weight is 439 g/mol. The second-order valence-corrected chi connectivity index (χ2v) is 7.93. The molecule has 0 amide bonds. The van der Waals surface area contributed by atoms with Gasteiger partial charge >= 0.3 is 11.9 Å². The van der Waals surface area contributed by atoms with Crippen molar-refractivity contribution in [2.45, 2.75) is 24.4 Å². The molecule has 0 aliphatic rings. The molecule has 0 saturated heterocycles. The number of fused-ring (bicyclic) bond motifs is 1. The van der Waals surface area contributed by atoms with Gasteiger partial charge < -0.3 is 5.32 Å². The van der Waals surface area contributed by atoms with E-state index >= 15 is 0 Å². The topological polar surface area (TPSA) is 81.8 Å². The number of halogens is 3. The van der Waals surface area contributed by atoms with Gasteiger partial charge in [0, 0.05) is 43.6 Å². The number of benzene rings is 1. The molecule has 0 aliphatic heterocycles. The fourth-order valence-corrected chi connectivity index (χ4v) is 4.04. The van der Waals surface area contributed by atoms with Crippen molar-refractivity contribution in [3.8, 4) is 0 Å². The number of carbonyl (C=O) groups excluding carboxylic acids is 1. The Kier molecular flexibility index (Phi) is 5.93. The number of alkyl halides is 3. The Morgan fingerprint density at radius 1 is 1.13 bits per heavy atom. The van der Waals surface area contributed by atoms with Crippen LogP contribution in [0.1, 0.15) is 28.5 Å². The van der Waals surface area contributed by atoms with Crippen LogP contribution in [0.5, 0.6) is 0 Å². The second-order valence-electron chi connectivity index (χ2n) is 6.62. The third-order valence-electron chi connectivity index (χ3n) is 4.72. The van der Waals surface area contributed by atoms with Crippen molar-refractivity contribution in [3.05, 3.63) is 45.5 Å². The van der Waals surface area contributed by atoms with Crippen LogP contribution < -0.4 is 11.0 Å². The van der Waals surface area contributed by atoms with Gasteiger partial charge in [-0.25, -0.2) is 4.79 Å². The summed E-state index contributed by atoms with van der Waals surface area (Å²) >= 11 is 1.43. The Bertz CT molecular complexity index is 1180. The summed E-state index contributed by atoms with van der Waals surface area (Å²) in [5.74, 6) is 0.416. The molecule has 0 radical (unpaired) electrons. The monoisotopic (exact) mass is 439 g/mol. The van der Waals surface area contributed by atoms with Crippen LogP contribution in [0.2, 0.25) is 0 Å². The number of rotatable bonds is 6. The van der Waals surface area contributed by atoms with E-state index in [9.17, 15) is 22.8 Å². The third-order valence-corrected chi connectivity index (χ3v) is 5.66. The van der Waals surface area contributed by atoms with Gasteiger partial charge in [-0.2, -0.15) is 13.2 Å². The Morgan fingerprint density at radius 2 is 1.77 bits per heavy atom.